The van der Waals surface area contributed by atoms with Crippen LogP contribution in [0.3, 0.4) is 0 Å². The fourth-order valence-corrected chi connectivity index (χ4v) is 4.65. The molecule has 4 rings (SSSR count). The molecule has 0 aliphatic rings. The van der Waals surface area contributed by atoms with Gasteiger partial charge < -0.3 is 9.30 Å². The van der Waals surface area contributed by atoms with Gasteiger partial charge in [0.15, 0.2) is 0 Å². The van der Waals surface area contributed by atoms with Crippen molar-refractivity contribution in [1.82, 2.24) is 24.3 Å². The molecule has 0 aliphatic carbocycles. The number of allylic oxidation sites excluding steroid dienone is 1. The molecule has 1 aromatic carbocycles. The van der Waals surface area contributed by atoms with Gasteiger partial charge in [-0.3, -0.25) is 4.68 Å². The van der Waals surface area contributed by atoms with Crippen LogP contribution < -0.4 is 0 Å². The first-order chi connectivity index (χ1) is 15.6. The maximum atomic E-state index is 5.86. The van der Waals surface area contributed by atoms with Crippen LogP contribution in [0.1, 0.15) is 18.0 Å². The zero-order chi connectivity index (χ0) is 22.5. The van der Waals surface area contributed by atoms with Gasteiger partial charge in [0.1, 0.15) is 18.7 Å². The number of fused-ring (bicyclic) bond motifs is 1. The Balaban J connectivity index is 1.60. The highest BCUT2D eigenvalue weighted by molar-refractivity contribution is 9.10. The van der Waals surface area contributed by atoms with Gasteiger partial charge in [-0.2, -0.15) is 5.10 Å². The summed E-state index contributed by atoms with van der Waals surface area (Å²) in [5, 5.41) is 5.67. The molecule has 0 amide bonds. The number of aromatic nitrogens is 5. The van der Waals surface area contributed by atoms with E-state index in [1.54, 1.807) is 6.33 Å². The maximum Gasteiger partial charge on any atom is 0.145 e. The summed E-state index contributed by atoms with van der Waals surface area (Å²) in [5.41, 5.74) is 3.88. The zero-order valence-corrected chi connectivity index (χ0v) is 21.0. The summed E-state index contributed by atoms with van der Waals surface area (Å²) in [5.74, 6) is 0. The van der Waals surface area contributed by atoms with Gasteiger partial charge in [0, 0.05) is 43.2 Å². The zero-order valence-electron chi connectivity index (χ0n) is 18.4. The molecule has 0 fully saturated rings. The average Bonchev–Trinajstić information content (AvgIpc) is 3.42. The molecule has 1 radical (unpaired) electrons. The first-order valence-electron chi connectivity index (χ1n) is 10.6. The van der Waals surface area contributed by atoms with Crippen molar-refractivity contribution in [3.63, 3.8) is 0 Å². The van der Waals surface area contributed by atoms with E-state index in [4.69, 9.17) is 4.74 Å². The number of ether oxygens (including phenoxy) is 1. The lowest BCUT2D eigenvalue weighted by atomic mass is 10.0. The smallest absolute Gasteiger partial charge is 0.145 e. The Morgan fingerprint density at radius 2 is 2.12 bits per heavy atom. The van der Waals surface area contributed by atoms with Crippen molar-refractivity contribution in [2.45, 2.75) is 38.3 Å². The second-order valence-electron chi connectivity index (χ2n) is 8.04. The third-order valence-electron chi connectivity index (χ3n) is 5.35. The van der Waals surface area contributed by atoms with Crippen molar-refractivity contribution in [1.29, 1.82) is 0 Å². The molecule has 32 heavy (non-hydrogen) atoms. The third kappa shape index (κ3) is 5.08. The topological polar surface area (TPSA) is 57.8 Å². The van der Waals surface area contributed by atoms with E-state index in [9.17, 15) is 0 Å². The fourth-order valence-electron chi connectivity index (χ4n) is 3.68. The maximum absolute atomic E-state index is 5.86. The summed E-state index contributed by atoms with van der Waals surface area (Å²) in [4.78, 5) is 9.08. The highest BCUT2D eigenvalue weighted by Crippen LogP contribution is 2.29. The lowest BCUT2D eigenvalue weighted by molar-refractivity contribution is 0.0902. The van der Waals surface area contributed by atoms with E-state index in [0.717, 1.165) is 45.8 Å². The van der Waals surface area contributed by atoms with E-state index in [2.05, 4.69) is 75.1 Å². The number of halogens is 1. The van der Waals surface area contributed by atoms with E-state index in [-0.39, 0.29) is 14.8 Å². The van der Waals surface area contributed by atoms with E-state index in [1.807, 2.05) is 39.9 Å². The van der Waals surface area contributed by atoms with Crippen LogP contribution in [0.15, 0.2) is 72.4 Å². The highest BCUT2D eigenvalue weighted by atomic mass is 79.9. The molecule has 1 atom stereocenters. The van der Waals surface area contributed by atoms with Crippen LogP contribution in [0.2, 0.25) is 19.1 Å². The van der Waals surface area contributed by atoms with Crippen LogP contribution >= 0.6 is 15.9 Å². The normalized spacial score (nSPS) is 12.5. The fraction of sp³-hybridized carbons (Fsp3) is 0.292. The quantitative estimate of drug-likeness (QED) is 0.151. The summed E-state index contributed by atoms with van der Waals surface area (Å²) in [6.07, 6.45) is 10.3. The number of rotatable bonds is 10. The second kappa shape index (κ2) is 10.4. The summed E-state index contributed by atoms with van der Waals surface area (Å²) in [6, 6.07) is 11.6. The van der Waals surface area contributed by atoms with E-state index >= 15 is 0 Å². The molecule has 165 valence electrons. The molecule has 0 saturated carbocycles. The molecule has 6 nitrogen and oxygen atoms in total. The Labute approximate surface area is 198 Å². The number of hydrogen-bond acceptors (Lipinski definition) is 4. The molecule has 8 heteroatoms. The molecule has 3 heterocycles. The molecule has 0 spiro atoms. The summed E-state index contributed by atoms with van der Waals surface area (Å²) >= 11 is 3.57. The Morgan fingerprint density at radius 3 is 2.91 bits per heavy atom. The Morgan fingerprint density at radius 1 is 1.25 bits per heavy atom. The minimum Gasteiger partial charge on any atom is -0.361 e. The molecule has 0 saturated heterocycles. The van der Waals surface area contributed by atoms with Crippen LogP contribution in [0, 0.1) is 0 Å². The van der Waals surface area contributed by atoms with Crippen molar-refractivity contribution in [2.24, 2.45) is 0 Å². The summed E-state index contributed by atoms with van der Waals surface area (Å²) in [6.45, 7) is 9.82. The molecule has 0 aliphatic heterocycles. The van der Waals surface area contributed by atoms with Crippen LogP contribution in [-0.2, 0) is 11.5 Å². The van der Waals surface area contributed by atoms with Gasteiger partial charge in [-0.25, -0.2) is 9.97 Å². The number of hydrogen-bond donors (Lipinski definition) is 0. The van der Waals surface area contributed by atoms with Gasteiger partial charge in [-0.1, -0.05) is 47.2 Å². The minimum atomic E-state index is -0.269. The van der Waals surface area contributed by atoms with Gasteiger partial charge in [-0.05, 0) is 36.2 Å². The minimum absolute atomic E-state index is 0.0673. The molecule has 0 N–H and O–H groups in total. The van der Waals surface area contributed by atoms with Crippen molar-refractivity contribution in [3.8, 4) is 11.3 Å². The first kappa shape index (κ1) is 22.6. The van der Waals surface area contributed by atoms with Crippen molar-refractivity contribution >= 4 is 35.8 Å². The van der Waals surface area contributed by atoms with E-state index < -0.39 is 0 Å². The van der Waals surface area contributed by atoms with Gasteiger partial charge in [0.25, 0.3) is 0 Å². The van der Waals surface area contributed by atoms with Crippen LogP contribution in [0.5, 0.6) is 0 Å². The van der Waals surface area contributed by atoms with E-state index in [1.165, 1.54) is 5.56 Å². The van der Waals surface area contributed by atoms with Crippen LogP contribution in [0.25, 0.3) is 22.3 Å². The van der Waals surface area contributed by atoms with Crippen molar-refractivity contribution in [3.05, 3.63) is 77.9 Å². The molecule has 1 unspecified atom stereocenters. The summed E-state index contributed by atoms with van der Waals surface area (Å²) in [7, 11) is -0.269. The Hall–Kier alpha value is -2.55. The van der Waals surface area contributed by atoms with Gasteiger partial charge in [-0.15, -0.1) is 6.58 Å². The molecular formula is C24H27BrN5OSi. The first-order valence-corrected chi connectivity index (χ1v) is 14.1. The number of benzene rings is 1. The standard InChI is InChI=1S/C24H27BrN5OSi/c1-4-6-22(18-7-5-8-20(25)13-18)30-15-19(14-28-30)23-21-9-10-29(24(21)27-16-26-23)17-31-11-12-32(2)3/h4-5,7-10,13-16,22H,1,6,11-12,17H2,2-3H3. The SMILES string of the molecule is C=CCC(c1cccc(Br)c1)n1cc(-c2ncnc3c2ccn3COCC[Si](C)C)cn1. The van der Waals surface area contributed by atoms with Gasteiger partial charge in [0.05, 0.1) is 17.9 Å². The monoisotopic (exact) mass is 508 g/mol. The third-order valence-corrected chi connectivity index (χ3v) is 7.05. The second-order valence-corrected chi connectivity index (χ2v) is 11.9. The number of nitrogens with zero attached hydrogens (tertiary/aromatic N) is 5. The largest absolute Gasteiger partial charge is 0.361 e. The highest BCUT2D eigenvalue weighted by Gasteiger charge is 2.17. The lowest BCUT2D eigenvalue weighted by Crippen LogP contribution is -2.10. The predicted octanol–water partition coefficient (Wildman–Crippen LogP) is 5.95. The van der Waals surface area contributed by atoms with E-state index in [0.29, 0.717) is 6.73 Å². The predicted molar refractivity (Wildman–Crippen MR) is 134 cm³/mol. The summed E-state index contributed by atoms with van der Waals surface area (Å²) < 4.78 is 10.9. The Bertz CT molecular complexity index is 1200. The lowest BCUT2D eigenvalue weighted by Gasteiger charge is -2.16. The van der Waals surface area contributed by atoms with Crippen LogP contribution in [0.4, 0.5) is 0 Å². The van der Waals surface area contributed by atoms with Crippen LogP contribution in [-0.4, -0.2) is 39.7 Å². The molecule has 0 bridgehead atoms. The molecule has 3 aromatic heterocycles. The average molecular weight is 510 g/mol. The van der Waals surface area contributed by atoms with Gasteiger partial charge >= 0.3 is 0 Å². The molecular weight excluding hydrogens is 482 g/mol. The Kier molecular flexibility index (Phi) is 7.34. The molecule has 4 aromatic rings. The van der Waals surface area contributed by atoms with Crippen molar-refractivity contribution < 1.29 is 4.74 Å². The van der Waals surface area contributed by atoms with Gasteiger partial charge in [0.2, 0.25) is 0 Å². The van der Waals surface area contributed by atoms with Crippen molar-refractivity contribution in [2.75, 3.05) is 6.61 Å².